The molecule has 0 amide bonds. The first-order valence-corrected chi connectivity index (χ1v) is 4.86. The number of ether oxygens (including phenoxy) is 1. The molecular formula is C11H9FN2O4. The third-order valence-corrected chi connectivity index (χ3v) is 2.26. The van der Waals surface area contributed by atoms with Crippen LogP contribution in [0, 0.1) is 5.82 Å². The van der Waals surface area contributed by atoms with E-state index < -0.39 is 17.5 Å². The lowest BCUT2D eigenvalue weighted by Gasteiger charge is -2.03. The summed E-state index contributed by atoms with van der Waals surface area (Å²) in [6.07, 6.45) is 0. The summed E-state index contributed by atoms with van der Waals surface area (Å²) in [6.45, 7) is 0. The molecule has 0 unspecified atom stereocenters. The number of aromatic carboxylic acids is 1. The number of nitrogen functional groups attached to an aromatic ring is 1. The molecule has 0 aliphatic carbocycles. The van der Waals surface area contributed by atoms with Gasteiger partial charge in [0.2, 0.25) is 5.76 Å². The highest BCUT2D eigenvalue weighted by molar-refractivity contribution is 5.92. The molecule has 0 atom stereocenters. The third-order valence-electron chi connectivity index (χ3n) is 2.26. The summed E-state index contributed by atoms with van der Waals surface area (Å²) >= 11 is 0. The number of benzene rings is 1. The normalized spacial score (nSPS) is 10.3. The first-order valence-electron chi connectivity index (χ1n) is 4.86. The predicted octanol–water partition coefficient (Wildman–Crippen LogP) is 1.77. The average molecular weight is 252 g/mol. The molecule has 0 fully saturated rings. The zero-order valence-electron chi connectivity index (χ0n) is 9.31. The lowest BCUT2D eigenvalue weighted by atomic mass is 10.1. The summed E-state index contributed by atoms with van der Waals surface area (Å²) in [5.41, 5.74) is 5.50. The van der Waals surface area contributed by atoms with Crippen LogP contribution in [0.4, 0.5) is 10.4 Å². The van der Waals surface area contributed by atoms with Crippen LogP contribution in [0.1, 0.15) is 10.6 Å². The second kappa shape index (κ2) is 4.36. The fraction of sp³-hybridized carbons (Fsp3) is 0.0909. The van der Waals surface area contributed by atoms with Crippen LogP contribution in [0.2, 0.25) is 0 Å². The summed E-state index contributed by atoms with van der Waals surface area (Å²) in [4.78, 5) is 14.6. The van der Waals surface area contributed by atoms with Crippen LogP contribution in [-0.2, 0) is 0 Å². The number of methoxy groups -OCH3 is 1. The smallest absolute Gasteiger partial charge is 0.374 e. The van der Waals surface area contributed by atoms with Gasteiger partial charge in [-0.2, -0.15) is 4.98 Å². The van der Waals surface area contributed by atoms with Gasteiger partial charge in [0, 0.05) is 5.56 Å². The van der Waals surface area contributed by atoms with Gasteiger partial charge in [0.15, 0.2) is 11.6 Å². The van der Waals surface area contributed by atoms with Gasteiger partial charge in [-0.25, -0.2) is 9.18 Å². The van der Waals surface area contributed by atoms with Crippen molar-refractivity contribution < 1.29 is 23.4 Å². The summed E-state index contributed by atoms with van der Waals surface area (Å²) in [6, 6.07) is 3.63. The van der Waals surface area contributed by atoms with Crippen molar-refractivity contribution >= 4 is 12.0 Å². The van der Waals surface area contributed by atoms with E-state index in [0.717, 1.165) is 6.07 Å². The summed E-state index contributed by atoms with van der Waals surface area (Å²) in [7, 11) is 1.33. The van der Waals surface area contributed by atoms with E-state index in [1.54, 1.807) is 0 Å². The van der Waals surface area contributed by atoms with Gasteiger partial charge in [0.1, 0.15) is 5.69 Å². The molecule has 18 heavy (non-hydrogen) atoms. The molecular weight excluding hydrogens is 243 g/mol. The van der Waals surface area contributed by atoms with Crippen LogP contribution in [0.5, 0.6) is 5.75 Å². The zero-order valence-corrected chi connectivity index (χ0v) is 9.31. The molecule has 0 saturated heterocycles. The van der Waals surface area contributed by atoms with Gasteiger partial charge < -0.3 is 20.0 Å². The van der Waals surface area contributed by atoms with Gasteiger partial charge in [-0.3, -0.25) is 0 Å². The number of nitrogens with two attached hydrogens (primary N) is 1. The number of carbonyl (C=O) groups is 1. The van der Waals surface area contributed by atoms with Crippen LogP contribution in [-0.4, -0.2) is 23.2 Å². The number of aromatic nitrogens is 1. The molecule has 1 heterocycles. The van der Waals surface area contributed by atoms with Gasteiger partial charge >= 0.3 is 5.97 Å². The van der Waals surface area contributed by atoms with Crippen molar-refractivity contribution in [3.63, 3.8) is 0 Å². The Morgan fingerprint density at radius 3 is 2.83 bits per heavy atom. The van der Waals surface area contributed by atoms with Crippen molar-refractivity contribution in [2.75, 3.05) is 12.8 Å². The van der Waals surface area contributed by atoms with Crippen LogP contribution in [0.25, 0.3) is 11.3 Å². The SMILES string of the molecule is COc1ccc(-c2nc(N)oc2C(=O)O)cc1F. The van der Waals surface area contributed by atoms with Gasteiger partial charge in [0.05, 0.1) is 7.11 Å². The van der Waals surface area contributed by atoms with Crippen LogP contribution >= 0.6 is 0 Å². The molecule has 0 aliphatic heterocycles. The summed E-state index contributed by atoms with van der Waals surface area (Å²) in [5.74, 6) is -2.34. The Hall–Kier alpha value is -2.57. The Labute approximate surface area is 101 Å². The summed E-state index contributed by atoms with van der Waals surface area (Å²) in [5, 5.41) is 8.90. The first kappa shape index (κ1) is 11.9. The van der Waals surface area contributed by atoms with E-state index in [4.69, 9.17) is 20.0 Å². The average Bonchev–Trinajstić information content (AvgIpc) is 2.71. The monoisotopic (exact) mass is 252 g/mol. The van der Waals surface area contributed by atoms with Crippen molar-refractivity contribution in [3.8, 4) is 17.0 Å². The molecule has 7 heteroatoms. The largest absolute Gasteiger partial charge is 0.494 e. The minimum absolute atomic E-state index is 0.0263. The fourth-order valence-corrected chi connectivity index (χ4v) is 1.49. The van der Waals surface area contributed by atoms with Crippen molar-refractivity contribution in [1.82, 2.24) is 4.98 Å². The Kier molecular flexibility index (Phi) is 2.88. The first-order chi connectivity index (χ1) is 8.52. The number of halogens is 1. The summed E-state index contributed by atoms with van der Waals surface area (Å²) < 4.78 is 23.0. The van der Waals surface area contributed by atoms with Crippen molar-refractivity contribution in [1.29, 1.82) is 0 Å². The van der Waals surface area contributed by atoms with E-state index in [9.17, 15) is 9.18 Å². The quantitative estimate of drug-likeness (QED) is 0.863. The van der Waals surface area contributed by atoms with Gasteiger partial charge in [-0.05, 0) is 18.2 Å². The van der Waals surface area contributed by atoms with E-state index >= 15 is 0 Å². The number of carboxylic acids is 1. The highest BCUT2D eigenvalue weighted by Gasteiger charge is 2.20. The number of nitrogens with zero attached hydrogens (tertiary/aromatic N) is 1. The molecule has 2 aromatic rings. The van der Waals surface area contributed by atoms with E-state index in [2.05, 4.69) is 4.98 Å². The van der Waals surface area contributed by atoms with Crippen LogP contribution in [0.3, 0.4) is 0 Å². The standard InChI is InChI=1S/C11H9FN2O4/c1-17-7-3-2-5(4-6(7)12)8-9(10(15)16)18-11(13)14-8/h2-4H,1H3,(H2,13,14)(H,15,16). The van der Waals surface area contributed by atoms with Crippen LogP contribution in [0.15, 0.2) is 22.6 Å². The molecule has 1 aromatic heterocycles. The minimum Gasteiger partial charge on any atom is -0.494 e. The molecule has 1 aromatic carbocycles. The lowest BCUT2D eigenvalue weighted by Crippen LogP contribution is -1.97. The van der Waals surface area contributed by atoms with Crippen molar-refractivity contribution in [2.45, 2.75) is 0 Å². The number of rotatable bonds is 3. The molecule has 2 rings (SSSR count). The molecule has 94 valence electrons. The van der Waals surface area contributed by atoms with E-state index in [-0.39, 0.29) is 23.0 Å². The Morgan fingerprint density at radius 2 is 2.28 bits per heavy atom. The molecule has 0 aliphatic rings. The molecule has 0 spiro atoms. The van der Waals surface area contributed by atoms with E-state index in [1.165, 1.54) is 19.2 Å². The van der Waals surface area contributed by atoms with E-state index in [1.807, 2.05) is 0 Å². The second-order valence-corrected chi connectivity index (χ2v) is 3.38. The maximum atomic E-state index is 13.5. The molecule has 0 saturated carbocycles. The highest BCUT2D eigenvalue weighted by Crippen LogP contribution is 2.28. The Morgan fingerprint density at radius 1 is 1.56 bits per heavy atom. The van der Waals surface area contributed by atoms with Gasteiger partial charge in [-0.15, -0.1) is 0 Å². The fourth-order valence-electron chi connectivity index (χ4n) is 1.49. The highest BCUT2D eigenvalue weighted by atomic mass is 19.1. The Balaban J connectivity index is 2.55. The zero-order chi connectivity index (χ0) is 13.3. The number of carboxylic acid groups (broad SMARTS) is 1. The second-order valence-electron chi connectivity index (χ2n) is 3.38. The third kappa shape index (κ3) is 1.97. The molecule has 3 N–H and O–H groups in total. The van der Waals surface area contributed by atoms with Gasteiger partial charge in [-0.1, -0.05) is 0 Å². The predicted molar refractivity (Wildman–Crippen MR) is 59.8 cm³/mol. The van der Waals surface area contributed by atoms with Crippen molar-refractivity contribution in [3.05, 3.63) is 29.8 Å². The maximum absolute atomic E-state index is 13.5. The Bertz CT molecular complexity index is 609. The number of hydrogen-bond acceptors (Lipinski definition) is 5. The lowest BCUT2D eigenvalue weighted by molar-refractivity contribution is 0.0665. The number of hydrogen-bond donors (Lipinski definition) is 2. The molecule has 0 bridgehead atoms. The van der Waals surface area contributed by atoms with Gasteiger partial charge in [0.25, 0.3) is 6.01 Å². The maximum Gasteiger partial charge on any atom is 0.374 e. The van der Waals surface area contributed by atoms with Crippen molar-refractivity contribution in [2.24, 2.45) is 0 Å². The van der Waals surface area contributed by atoms with E-state index in [0.29, 0.717) is 0 Å². The molecule has 0 radical (unpaired) electrons. The topological polar surface area (TPSA) is 98.6 Å². The van der Waals surface area contributed by atoms with Crippen LogP contribution < -0.4 is 10.5 Å². The molecule has 6 nitrogen and oxygen atoms in total. The minimum atomic E-state index is -1.33. The number of oxazole rings is 1. The number of anilines is 1.